The van der Waals surface area contributed by atoms with Crippen molar-refractivity contribution in [3.8, 4) is 0 Å². The summed E-state index contributed by atoms with van der Waals surface area (Å²) in [6.45, 7) is 8.07. The van der Waals surface area contributed by atoms with Gasteiger partial charge in [-0.05, 0) is 42.9 Å². The lowest BCUT2D eigenvalue weighted by Gasteiger charge is -2.34. The molecule has 1 fully saturated rings. The van der Waals surface area contributed by atoms with Gasteiger partial charge in [0.1, 0.15) is 11.4 Å². The third-order valence-electron chi connectivity index (χ3n) is 4.88. The number of carbonyl (C=O) groups excluding carboxylic acids is 2. The zero-order valence-electron chi connectivity index (χ0n) is 16.7. The van der Waals surface area contributed by atoms with Crippen LogP contribution >= 0.6 is 23.5 Å². The minimum Gasteiger partial charge on any atom is -0.455 e. The first-order valence-corrected chi connectivity index (χ1v) is 11.5. The van der Waals surface area contributed by atoms with Crippen molar-refractivity contribution in [2.45, 2.75) is 57.1 Å². The van der Waals surface area contributed by atoms with E-state index < -0.39 is 5.60 Å². The first-order chi connectivity index (χ1) is 12.6. The van der Waals surface area contributed by atoms with E-state index in [0.717, 1.165) is 16.4 Å². The van der Waals surface area contributed by atoms with Gasteiger partial charge in [-0.2, -0.15) is 11.8 Å². The Bertz CT molecular complexity index is 676. The third kappa shape index (κ3) is 5.68. The summed E-state index contributed by atoms with van der Waals surface area (Å²) in [6.07, 6.45) is 2.85. The van der Waals surface area contributed by atoms with Crippen molar-refractivity contribution in [2.75, 3.05) is 24.3 Å². The molecule has 2 amide bonds. The van der Waals surface area contributed by atoms with Crippen LogP contribution in [-0.2, 0) is 4.79 Å². The van der Waals surface area contributed by atoms with Gasteiger partial charge >= 0.3 is 0 Å². The zero-order valence-corrected chi connectivity index (χ0v) is 18.3. The van der Waals surface area contributed by atoms with E-state index in [1.54, 1.807) is 17.8 Å². The van der Waals surface area contributed by atoms with E-state index in [0.29, 0.717) is 18.6 Å². The summed E-state index contributed by atoms with van der Waals surface area (Å²) >= 11 is 3.27. The number of nitrogens with one attached hydrogen (secondary N) is 2. The van der Waals surface area contributed by atoms with Crippen LogP contribution < -0.4 is 10.6 Å². The molecule has 27 heavy (non-hydrogen) atoms. The Morgan fingerprint density at radius 1 is 1.37 bits per heavy atom. The predicted octanol–water partition coefficient (Wildman–Crippen LogP) is 2.83. The monoisotopic (exact) mass is 414 g/mol. The summed E-state index contributed by atoms with van der Waals surface area (Å²) in [5.74, 6) is 1.87. The van der Waals surface area contributed by atoms with Gasteiger partial charge in [0.05, 0.1) is 6.04 Å². The highest BCUT2D eigenvalue weighted by molar-refractivity contribution is 7.99. The molecule has 1 atom stereocenters. The van der Waals surface area contributed by atoms with Crippen molar-refractivity contribution in [3.63, 3.8) is 0 Å². The van der Waals surface area contributed by atoms with Gasteiger partial charge in [0.25, 0.3) is 11.8 Å². The minimum atomic E-state index is -1.30. The molecule has 1 saturated heterocycles. The number of thioether (sulfide) groups is 2. The molecule has 2 heterocycles. The minimum absolute atomic E-state index is 0.249. The molecule has 3 N–H and O–H groups in total. The van der Waals surface area contributed by atoms with Crippen LogP contribution in [0.1, 0.15) is 49.9 Å². The van der Waals surface area contributed by atoms with Crippen LogP contribution in [0.5, 0.6) is 0 Å². The number of carbonyl (C=O) groups is 2. The summed E-state index contributed by atoms with van der Waals surface area (Å²) < 4.78 is 5.56. The summed E-state index contributed by atoms with van der Waals surface area (Å²) in [4.78, 5) is 26.0. The van der Waals surface area contributed by atoms with Crippen LogP contribution in [0.2, 0.25) is 0 Å². The SMILES string of the molecule is CSc1cc(C(=O)NC(CNC(=O)C2(O)CCSCC2)C(C)(C)C)oc1C. The van der Waals surface area contributed by atoms with Crippen LogP contribution in [0, 0.1) is 12.3 Å². The Morgan fingerprint density at radius 3 is 2.52 bits per heavy atom. The van der Waals surface area contributed by atoms with Gasteiger partial charge in [-0.25, -0.2) is 0 Å². The van der Waals surface area contributed by atoms with Crippen LogP contribution in [0.4, 0.5) is 0 Å². The molecule has 1 aromatic heterocycles. The topological polar surface area (TPSA) is 91.6 Å². The van der Waals surface area contributed by atoms with Crippen molar-refractivity contribution < 1.29 is 19.1 Å². The van der Waals surface area contributed by atoms with Crippen LogP contribution in [0.25, 0.3) is 0 Å². The van der Waals surface area contributed by atoms with Gasteiger partial charge in [0.2, 0.25) is 0 Å². The van der Waals surface area contributed by atoms with Gasteiger partial charge in [-0.15, -0.1) is 11.8 Å². The molecule has 1 unspecified atom stereocenters. The highest BCUT2D eigenvalue weighted by Gasteiger charge is 2.38. The molecule has 1 aliphatic rings. The van der Waals surface area contributed by atoms with E-state index in [1.165, 1.54) is 11.8 Å². The number of hydrogen-bond acceptors (Lipinski definition) is 6. The maximum absolute atomic E-state index is 12.6. The molecule has 0 saturated carbocycles. The van der Waals surface area contributed by atoms with E-state index in [2.05, 4.69) is 10.6 Å². The number of aryl methyl sites for hydroxylation is 1. The fourth-order valence-corrected chi connectivity index (χ4v) is 4.60. The fourth-order valence-electron chi connectivity index (χ4n) is 2.88. The molecule has 0 bridgehead atoms. The zero-order chi connectivity index (χ0) is 20.2. The number of furan rings is 1. The van der Waals surface area contributed by atoms with Crippen molar-refractivity contribution >= 4 is 35.3 Å². The number of aliphatic hydroxyl groups is 1. The molecule has 1 aromatic rings. The first kappa shape index (κ1) is 22.2. The lowest BCUT2D eigenvalue weighted by atomic mass is 9.86. The molecule has 0 aromatic carbocycles. The first-order valence-electron chi connectivity index (χ1n) is 9.10. The molecule has 0 spiro atoms. The summed E-state index contributed by atoms with van der Waals surface area (Å²) in [5.41, 5.74) is -1.58. The van der Waals surface area contributed by atoms with Gasteiger partial charge in [-0.1, -0.05) is 20.8 Å². The summed E-state index contributed by atoms with van der Waals surface area (Å²) in [5, 5.41) is 16.3. The molecule has 1 aliphatic heterocycles. The standard InChI is InChI=1S/C19H30N2O4S2/c1-12-14(26-5)10-13(25-12)16(22)21-15(18(2,3)4)11-20-17(23)19(24)6-8-27-9-7-19/h10,15,24H,6-9,11H2,1-5H3,(H,20,23)(H,21,22). The van der Waals surface area contributed by atoms with Gasteiger partial charge in [0.15, 0.2) is 5.76 Å². The van der Waals surface area contributed by atoms with Crippen molar-refractivity contribution in [1.29, 1.82) is 0 Å². The molecule has 6 nitrogen and oxygen atoms in total. The van der Waals surface area contributed by atoms with Gasteiger partial charge in [-0.3, -0.25) is 9.59 Å². The molecule has 8 heteroatoms. The lowest BCUT2D eigenvalue weighted by molar-refractivity contribution is -0.140. The summed E-state index contributed by atoms with van der Waals surface area (Å²) in [7, 11) is 0. The van der Waals surface area contributed by atoms with Crippen molar-refractivity contribution in [2.24, 2.45) is 5.41 Å². The lowest BCUT2D eigenvalue weighted by Crippen LogP contribution is -2.55. The maximum Gasteiger partial charge on any atom is 0.287 e. The van der Waals surface area contributed by atoms with Crippen LogP contribution in [-0.4, -0.2) is 52.9 Å². The Labute approximate surface area is 169 Å². The molecular weight excluding hydrogens is 384 g/mol. The van der Waals surface area contributed by atoms with Crippen LogP contribution in [0.15, 0.2) is 15.4 Å². The fraction of sp³-hybridized carbons (Fsp3) is 0.684. The van der Waals surface area contributed by atoms with E-state index in [4.69, 9.17) is 4.42 Å². The molecule has 0 radical (unpaired) electrons. The van der Waals surface area contributed by atoms with E-state index >= 15 is 0 Å². The second-order valence-electron chi connectivity index (χ2n) is 7.98. The highest BCUT2D eigenvalue weighted by Crippen LogP contribution is 2.28. The average molecular weight is 415 g/mol. The van der Waals surface area contributed by atoms with E-state index in [1.807, 2.05) is 34.0 Å². The number of amides is 2. The largest absolute Gasteiger partial charge is 0.455 e. The Balaban J connectivity index is 2.02. The Morgan fingerprint density at radius 2 is 2.00 bits per heavy atom. The Hall–Kier alpha value is -1.12. The molecular formula is C19H30N2O4S2. The number of hydrogen-bond donors (Lipinski definition) is 3. The predicted molar refractivity (Wildman–Crippen MR) is 110 cm³/mol. The molecule has 2 rings (SSSR count). The van der Waals surface area contributed by atoms with Gasteiger partial charge < -0.3 is 20.2 Å². The number of rotatable bonds is 6. The van der Waals surface area contributed by atoms with Gasteiger partial charge in [0, 0.05) is 17.5 Å². The molecule has 0 aliphatic carbocycles. The molecule has 152 valence electrons. The summed E-state index contributed by atoms with van der Waals surface area (Å²) in [6, 6.07) is 1.43. The Kier molecular flexibility index (Phi) is 7.33. The van der Waals surface area contributed by atoms with Crippen molar-refractivity contribution in [3.05, 3.63) is 17.6 Å². The quantitative estimate of drug-likeness (QED) is 0.620. The second-order valence-corrected chi connectivity index (χ2v) is 10.1. The average Bonchev–Trinajstić information content (AvgIpc) is 2.98. The second kappa shape index (κ2) is 8.92. The normalized spacial score (nSPS) is 18.0. The smallest absolute Gasteiger partial charge is 0.287 e. The van der Waals surface area contributed by atoms with Crippen molar-refractivity contribution in [1.82, 2.24) is 10.6 Å². The maximum atomic E-state index is 12.6. The highest BCUT2D eigenvalue weighted by atomic mass is 32.2. The van der Waals surface area contributed by atoms with Crippen LogP contribution in [0.3, 0.4) is 0 Å². The van der Waals surface area contributed by atoms with E-state index in [-0.39, 0.29) is 35.6 Å². The van der Waals surface area contributed by atoms with E-state index in [9.17, 15) is 14.7 Å². The third-order valence-corrected chi connectivity index (χ3v) is 6.71.